The van der Waals surface area contributed by atoms with Crippen LogP contribution in [-0.2, 0) is 27.5 Å². The molecule has 18 heteroatoms. The molecule has 238 valence electrons. The van der Waals surface area contributed by atoms with Gasteiger partial charge in [0.1, 0.15) is 5.01 Å². The number of aromatic nitrogens is 5. The second kappa shape index (κ2) is 13.6. The lowest BCUT2D eigenvalue weighted by Crippen LogP contribution is -2.35. The maximum absolute atomic E-state index is 13.5. The molecule has 0 bridgehead atoms. The normalized spacial score (nSPS) is 14.3. The summed E-state index contributed by atoms with van der Waals surface area (Å²) in [5.74, 6) is -1.05. The smallest absolute Gasteiger partial charge is 0.345 e. The molecule has 2 aromatic heterocycles. The van der Waals surface area contributed by atoms with Gasteiger partial charge in [-0.2, -0.15) is 17.5 Å². The molecule has 0 spiro atoms. The lowest BCUT2D eigenvalue weighted by molar-refractivity contribution is -0.137. The fourth-order valence-corrected chi connectivity index (χ4v) is 7.41. The second-order valence-electron chi connectivity index (χ2n) is 9.92. The Morgan fingerprint density at radius 3 is 2.40 bits per heavy atom. The molecule has 0 saturated carbocycles. The Labute approximate surface area is 264 Å². The van der Waals surface area contributed by atoms with Crippen molar-refractivity contribution >= 4 is 50.1 Å². The Balaban J connectivity index is 1.32. The Hall–Kier alpha value is -3.87. The van der Waals surface area contributed by atoms with Crippen LogP contribution in [0.15, 0.2) is 58.6 Å². The number of aryl methyl sites for hydroxylation is 1. The number of anilines is 1. The summed E-state index contributed by atoms with van der Waals surface area (Å²) in [7, 11) is -3.67. The molecule has 3 heterocycles. The Kier molecular flexibility index (Phi) is 9.85. The summed E-state index contributed by atoms with van der Waals surface area (Å²) in [6.07, 6.45) is -2.04. The number of amides is 2. The predicted octanol–water partition coefficient (Wildman–Crippen LogP) is 4.28. The van der Waals surface area contributed by atoms with Crippen molar-refractivity contribution in [1.29, 1.82) is 0 Å². The summed E-state index contributed by atoms with van der Waals surface area (Å²) in [5, 5.41) is 22.1. The lowest BCUT2D eigenvalue weighted by Gasteiger charge is -2.25. The molecule has 2 N–H and O–H groups in total. The molecule has 0 unspecified atom stereocenters. The number of nitrogens with one attached hydrogen (secondary N) is 2. The molecule has 1 saturated heterocycles. The highest BCUT2D eigenvalue weighted by molar-refractivity contribution is 7.99. The predicted molar refractivity (Wildman–Crippen MR) is 161 cm³/mol. The molecule has 1 aliphatic heterocycles. The van der Waals surface area contributed by atoms with Crippen LogP contribution < -0.4 is 10.6 Å². The minimum atomic E-state index is -4.61. The summed E-state index contributed by atoms with van der Waals surface area (Å²) in [6, 6.07) is 10.0. The van der Waals surface area contributed by atoms with Crippen molar-refractivity contribution in [2.24, 2.45) is 0 Å². The first-order chi connectivity index (χ1) is 21.4. The van der Waals surface area contributed by atoms with Crippen LogP contribution in [0, 0.1) is 6.92 Å². The largest absolute Gasteiger partial charge is 0.416 e. The van der Waals surface area contributed by atoms with Gasteiger partial charge in [-0.3, -0.25) is 19.5 Å². The standard InChI is InChI=1S/C27H27F3N8O4S3/c1-17-33-35-25(44-17)32-23(39)16-43-26-36-34-22(38(26)20-7-5-6-19(14-20)27(28,29)30)15-31-24(40)18-8-10-21(11-9-18)45(41,42)37-12-3-2-4-13-37/h5-11,14H,2-4,12-13,15-16H2,1H3,(H,31,40)(H,32,35,39). The highest BCUT2D eigenvalue weighted by atomic mass is 32.2. The van der Waals surface area contributed by atoms with Gasteiger partial charge in [0.2, 0.25) is 21.1 Å². The van der Waals surface area contributed by atoms with E-state index in [1.54, 1.807) is 6.92 Å². The number of carbonyl (C=O) groups is 2. The van der Waals surface area contributed by atoms with Crippen molar-refractivity contribution < 1.29 is 31.2 Å². The zero-order valence-electron chi connectivity index (χ0n) is 23.7. The third kappa shape index (κ3) is 7.86. The molecule has 0 radical (unpaired) electrons. The molecule has 4 aromatic rings. The van der Waals surface area contributed by atoms with E-state index >= 15 is 0 Å². The SMILES string of the molecule is Cc1nnc(NC(=O)CSc2nnc(CNC(=O)c3ccc(S(=O)(=O)N4CCCCC4)cc3)n2-c2cccc(C(F)(F)F)c2)s1. The van der Waals surface area contributed by atoms with Gasteiger partial charge in [-0.15, -0.1) is 20.4 Å². The number of carbonyl (C=O) groups excluding carboxylic acids is 2. The van der Waals surface area contributed by atoms with Crippen molar-refractivity contribution in [3.8, 4) is 5.69 Å². The van der Waals surface area contributed by atoms with Crippen molar-refractivity contribution in [2.75, 3.05) is 24.2 Å². The molecule has 12 nitrogen and oxygen atoms in total. The number of rotatable bonds is 10. The maximum Gasteiger partial charge on any atom is 0.416 e. The molecule has 2 amide bonds. The van der Waals surface area contributed by atoms with Crippen LogP contribution in [0.3, 0.4) is 0 Å². The van der Waals surface area contributed by atoms with Crippen molar-refractivity contribution in [3.05, 3.63) is 70.5 Å². The van der Waals surface area contributed by atoms with Crippen LogP contribution >= 0.6 is 23.1 Å². The first kappa shape index (κ1) is 32.5. The number of nitrogens with zero attached hydrogens (tertiary/aromatic N) is 6. The van der Waals surface area contributed by atoms with Gasteiger partial charge in [-0.1, -0.05) is 35.6 Å². The number of benzene rings is 2. The molecule has 1 fully saturated rings. The van der Waals surface area contributed by atoms with E-state index in [4.69, 9.17) is 0 Å². The van der Waals surface area contributed by atoms with Gasteiger partial charge in [0.05, 0.1) is 28.4 Å². The number of thioether (sulfide) groups is 1. The number of hydrogen-bond acceptors (Lipinski definition) is 10. The van der Waals surface area contributed by atoms with Gasteiger partial charge in [-0.05, 0) is 62.2 Å². The Morgan fingerprint density at radius 2 is 1.73 bits per heavy atom. The number of halogens is 3. The van der Waals surface area contributed by atoms with Crippen LogP contribution in [0.1, 0.15) is 46.0 Å². The molecule has 1 aliphatic rings. The van der Waals surface area contributed by atoms with E-state index in [1.807, 2.05) is 0 Å². The molecule has 5 rings (SSSR count). The van der Waals surface area contributed by atoms with Gasteiger partial charge >= 0.3 is 6.18 Å². The van der Waals surface area contributed by atoms with Crippen LogP contribution in [0.2, 0.25) is 0 Å². The van der Waals surface area contributed by atoms with E-state index in [0.717, 1.165) is 43.2 Å². The van der Waals surface area contributed by atoms with E-state index < -0.39 is 33.6 Å². The fourth-order valence-electron chi connectivity index (χ4n) is 4.52. The fraction of sp³-hybridized carbons (Fsp3) is 0.333. The lowest BCUT2D eigenvalue weighted by atomic mass is 10.2. The van der Waals surface area contributed by atoms with E-state index in [2.05, 4.69) is 31.0 Å². The zero-order valence-corrected chi connectivity index (χ0v) is 26.2. The summed E-state index contributed by atoms with van der Waals surface area (Å²) >= 11 is 2.12. The van der Waals surface area contributed by atoms with E-state index in [1.165, 1.54) is 56.6 Å². The van der Waals surface area contributed by atoms with Crippen LogP contribution in [-0.4, -0.2) is 68.3 Å². The highest BCUT2D eigenvalue weighted by Crippen LogP contribution is 2.32. The third-order valence-corrected chi connectivity index (χ3v) is 10.3. The first-order valence-corrected chi connectivity index (χ1v) is 16.9. The van der Waals surface area contributed by atoms with E-state index in [0.29, 0.717) is 23.2 Å². The van der Waals surface area contributed by atoms with Gasteiger partial charge < -0.3 is 5.32 Å². The molecule has 0 atom stereocenters. The summed E-state index contributed by atoms with van der Waals surface area (Å²) in [5.41, 5.74) is -0.645. The number of alkyl halides is 3. The first-order valence-electron chi connectivity index (χ1n) is 13.6. The monoisotopic (exact) mass is 680 g/mol. The number of sulfonamides is 1. The Morgan fingerprint density at radius 1 is 1.00 bits per heavy atom. The summed E-state index contributed by atoms with van der Waals surface area (Å²) in [4.78, 5) is 25.5. The zero-order chi connectivity index (χ0) is 32.2. The van der Waals surface area contributed by atoms with Crippen molar-refractivity contribution in [3.63, 3.8) is 0 Å². The topological polar surface area (TPSA) is 152 Å². The van der Waals surface area contributed by atoms with Crippen LogP contribution in [0.5, 0.6) is 0 Å². The maximum atomic E-state index is 13.5. The van der Waals surface area contributed by atoms with Crippen LogP contribution in [0.4, 0.5) is 18.3 Å². The molecule has 0 aliphatic carbocycles. The van der Waals surface area contributed by atoms with Gasteiger partial charge in [0, 0.05) is 18.7 Å². The van der Waals surface area contributed by atoms with Gasteiger partial charge in [0.25, 0.3) is 5.91 Å². The molecular weight excluding hydrogens is 654 g/mol. The van der Waals surface area contributed by atoms with Crippen LogP contribution in [0.25, 0.3) is 5.69 Å². The van der Waals surface area contributed by atoms with Crippen molar-refractivity contribution in [1.82, 2.24) is 34.6 Å². The average molecular weight is 681 g/mol. The summed E-state index contributed by atoms with van der Waals surface area (Å²) in [6.45, 7) is 2.40. The minimum absolute atomic E-state index is 0.0778. The Bertz CT molecular complexity index is 1790. The average Bonchev–Trinajstić information content (AvgIpc) is 3.64. The minimum Gasteiger partial charge on any atom is -0.345 e. The number of hydrogen-bond donors (Lipinski definition) is 2. The number of piperidine rings is 1. The summed E-state index contributed by atoms with van der Waals surface area (Å²) < 4.78 is 69.2. The molecule has 45 heavy (non-hydrogen) atoms. The molecular formula is C27H27F3N8O4S3. The van der Waals surface area contributed by atoms with Crippen molar-refractivity contribution in [2.45, 2.75) is 49.0 Å². The van der Waals surface area contributed by atoms with E-state index in [9.17, 15) is 31.2 Å². The second-order valence-corrected chi connectivity index (χ2v) is 14.0. The van der Waals surface area contributed by atoms with E-state index in [-0.39, 0.29) is 39.4 Å². The third-order valence-electron chi connectivity index (χ3n) is 6.71. The quantitative estimate of drug-likeness (QED) is 0.234. The highest BCUT2D eigenvalue weighted by Gasteiger charge is 2.31. The molecule has 2 aromatic carbocycles. The van der Waals surface area contributed by atoms with Gasteiger partial charge in [0.15, 0.2) is 11.0 Å². The van der Waals surface area contributed by atoms with Gasteiger partial charge in [-0.25, -0.2) is 8.42 Å².